The lowest BCUT2D eigenvalue weighted by molar-refractivity contribution is 0.700. The number of nitrogens with one attached hydrogen (secondary N) is 1. The van der Waals surface area contributed by atoms with Gasteiger partial charge in [0.1, 0.15) is 10.6 Å². The number of aromatic nitrogens is 3. The summed E-state index contributed by atoms with van der Waals surface area (Å²) in [5.41, 5.74) is 6.02. The fourth-order valence-electron chi connectivity index (χ4n) is 3.83. The predicted molar refractivity (Wildman–Crippen MR) is 116 cm³/mol. The van der Waals surface area contributed by atoms with Crippen LogP contribution in [0.2, 0.25) is 0 Å². The number of pyridine rings is 1. The Morgan fingerprint density at radius 3 is 2.71 bits per heavy atom. The molecule has 140 valence electrons. The molecular weight excluding hydrogens is 364 g/mol. The molecule has 0 spiro atoms. The molecule has 0 saturated carbocycles. The summed E-state index contributed by atoms with van der Waals surface area (Å²) >= 11 is 1.83. The van der Waals surface area contributed by atoms with Crippen molar-refractivity contribution < 1.29 is 0 Å². The molecule has 1 aromatic carbocycles. The summed E-state index contributed by atoms with van der Waals surface area (Å²) in [4.78, 5) is 16.6. The highest BCUT2D eigenvalue weighted by Crippen LogP contribution is 2.40. The molecule has 4 nitrogen and oxygen atoms in total. The molecule has 5 rings (SSSR count). The Bertz CT molecular complexity index is 1160. The fraction of sp³-hybridized carbons (Fsp3) is 0.261. The van der Waals surface area contributed by atoms with Crippen molar-refractivity contribution in [3.05, 3.63) is 64.3 Å². The molecule has 1 aliphatic rings. The zero-order valence-electron chi connectivity index (χ0n) is 16.1. The van der Waals surface area contributed by atoms with E-state index >= 15 is 0 Å². The maximum atomic E-state index is 4.94. The van der Waals surface area contributed by atoms with Crippen LogP contribution in [0.3, 0.4) is 0 Å². The largest absolute Gasteiger partial charge is 0.340 e. The monoisotopic (exact) mass is 386 g/mol. The topological polar surface area (TPSA) is 50.7 Å². The van der Waals surface area contributed by atoms with Gasteiger partial charge in [0.05, 0.1) is 5.39 Å². The Morgan fingerprint density at radius 1 is 1.00 bits per heavy atom. The summed E-state index contributed by atoms with van der Waals surface area (Å²) in [7, 11) is 0. The third kappa shape index (κ3) is 3.06. The van der Waals surface area contributed by atoms with Crippen molar-refractivity contribution in [2.75, 3.05) is 5.32 Å². The summed E-state index contributed by atoms with van der Waals surface area (Å²) in [5.74, 6) is 1.64. The van der Waals surface area contributed by atoms with E-state index in [0.717, 1.165) is 40.6 Å². The summed E-state index contributed by atoms with van der Waals surface area (Å²) < 4.78 is 0. The molecule has 0 radical (unpaired) electrons. The zero-order valence-corrected chi connectivity index (χ0v) is 16.9. The summed E-state index contributed by atoms with van der Waals surface area (Å²) in [5, 5.41) is 4.80. The number of thiophene rings is 1. The lowest BCUT2D eigenvalue weighted by Gasteiger charge is -2.14. The number of fused-ring (bicyclic) bond motifs is 3. The van der Waals surface area contributed by atoms with Gasteiger partial charge in [0.25, 0.3) is 0 Å². The van der Waals surface area contributed by atoms with E-state index in [1.165, 1.54) is 39.8 Å². The molecule has 3 heterocycles. The quantitative estimate of drug-likeness (QED) is 0.470. The highest BCUT2D eigenvalue weighted by atomic mass is 32.1. The number of hydrogen-bond donors (Lipinski definition) is 1. The van der Waals surface area contributed by atoms with Crippen LogP contribution in [0.4, 0.5) is 11.5 Å². The van der Waals surface area contributed by atoms with Crippen LogP contribution in [0.15, 0.2) is 42.7 Å². The number of aryl methyl sites for hydroxylation is 4. The van der Waals surface area contributed by atoms with Crippen molar-refractivity contribution in [1.82, 2.24) is 15.0 Å². The van der Waals surface area contributed by atoms with Gasteiger partial charge in [-0.15, -0.1) is 11.3 Å². The number of benzene rings is 1. The molecule has 5 heteroatoms. The van der Waals surface area contributed by atoms with E-state index in [2.05, 4.69) is 42.3 Å². The third-order valence-corrected chi connectivity index (χ3v) is 6.69. The molecule has 0 unspecified atom stereocenters. The van der Waals surface area contributed by atoms with Crippen molar-refractivity contribution in [3.63, 3.8) is 0 Å². The van der Waals surface area contributed by atoms with Gasteiger partial charge in [-0.25, -0.2) is 9.97 Å². The van der Waals surface area contributed by atoms with Crippen LogP contribution in [0.1, 0.15) is 34.4 Å². The second-order valence-corrected chi connectivity index (χ2v) is 8.54. The van der Waals surface area contributed by atoms with Gasteiger partial charge in [-0.3, -0.25) is 4.98 Å². The molecule has 1 aliphatic carbocycles. The molecule has 0 fully saturated rings. The van der Waals surface area contributed by atoms with Gasteiger partial charge in [-0.2, -0.15) is 0 Å². The highest BCUT2D eigenvalue weighted by molar-refractivity contribution is 7.19. The fourth-order valence-corrected chi connectivity index (χ4v) is 5.09. The minimum Gasteiger partial charge on any atom is -0.340 e. The molecule has 0 aliphatic heterocycles. The second kappa shape index (κ2) is 6.99. The Balaban J connectivity index is 1.69. The molecule has 28 heavy (non-hydrogen) atoms. The Morgan fingerprint density at radius 2 is 1.89 bits per heavy atom. The first-order valence-corrected chi connectivity index (χ1v) is 10.6. The first-order valence-electron chi connectivity index (χ1n) is 9.76. The number of nitrogens with zero attached hydrogens (tertiary/aromatic N) is 3. The second-order valence-electron chi connectivity index (χ2n) is 7.45. The number of anilines is 2. The van der Waals surface area contributed by atoms with Gasteiger partial charge in [0.2, 0.25) is 0 Å². The van der Waals surface area contributed by atoms with Gasteiger partial charge >= 0.3 is 0 Å². The Hall–Kier alpha value is -2.79. The lowest BCUT2D eigenvalue weighted by atomic mass is 9.97. The van der Waals surface area contributed by atoms with Crippen molar-refractivity contribution in [2.45, 2.75) is 39.5 Å². The normalized spacial score (nSPS) is 13.5. The summed E-state index contributed by atoms with van der Waals surface area (Å²) in [6.45, 7) is 4.28. The minimum atomic E-state index is 0.727. The van der Waals surface area contributed by atoms with Gasteiger partial charge < -0.3 is 5.32 Å². The van der Waals surface area contributed by atoms with Gasteiger partial charge in [0, 0.05) is 28.5 Å². The lowest BCUT2D eigenvalue weighted by Crippen LogP contribution is -2.02. The number of rotatable bonds is 3. The average molecular weight is 387 g/mol. The first kappa shape index (κ1) is 17.3. The van der Waals surface area contributed by atoms with Crippen LogP contribution in [-0.2, 0) is 12.8 Å². The summed E-state index contributed by atoms with van der Waals surface area (Å²) in [6, 6.07) is 10.4. The smallest absolute Gasteiger partial charge is 0.164 e. The van der Waals surface area contributed by atoms with Crippen molar-refractivity contribution in [2.24, 2.45) is 0 Å². The standard InChI is InChI=1S/C23H22N4S/c1-14-9-10-17(12-15(14)2)25-22-20-18-7-3-4-8-19(18)28-23(20)27-21(26-22)16-6-5-11-24-13-16/h5-6,9-13H,3-4,7-8H2,1-2H3,(H,25,26,27). The van der Waals surface area contributed by atoms with Gasteiger partial charge in [-0.05, 0) is 80.5 Å². The predicted octanol–water partition coefficient (Wildman–Crippen LogP) is 5.99. The van der Waals surface area contributed by atoms with E-state index < -0.39 is 0 Å². The summed E-state index contributed by atoms with van der Waals surface area (Å²) in [6.07, 6.45) is 8.39. The van der Waals surface area contributed by atoms with Crippen LogP contribution in [0.25, 0.3) is 21.6 Å². The molecule has 1 N–H and O–H groups in total. The van der Waals surface area contributed by atoms with Crippen LogP contribution in [0, 0.1) is 13.8 Å². The maximum absolute atomic E-state index is 4.94. The van der Waals surface area contributed by atoms with E-state index in [0.29, 0.717) is 0 Å². The van der Waals surface area contributed by atoms with E-state index in [4.69, 9.17) is 9.97 Å². The maximum Gasteiger partial charge on any atom is 0.164 e. The Kier molecular flexibility index (Phi) is 4.32. The van der Waals surface area contributed by atoms with E-state index in [1.54, 1.807) is 6.20 Å². The molecule has 3 aromatic heterocycles. The average Bonchev–Trinajstić information content (AvgIpc) is 3.10. The molecule has 4 aromatic rings. The van der Waals surface area contributed by atoms with Crippen molar-refractivity contribution in [3.8, 4) is 11.4 Å². The van der Waals surface area contributed by atoms with Crippen molar-refractivity contribution >= 4 is 33.1 Å². The van der Waals surface area contributed by atoms with Crippen LogP contribution >= 0.6 is 11.3 Å². The van der Waals surface area contributed by atoms with E-state index in [1.807, 2.05) is 29.7 Å². The van der Waals surface area contributed by atoms with Crippen LogP contribution in [0.5, 0.6) is 0 Å². The van der Waals surface area contributed by atoms with Crippen LogP contribution < -0.4 is 5.32 Å². The van der Waals surface area contributed by atoms with Gasteiger partial charge in [-0.1, -0.05) is 6.07 Å². The highest BCUT2D eigenvalue weighted by Gasteiger charge is 2.21. The van der Waals surface area contributed by atoms with Gasteiger partial charge in [0.15, 0.2) is 5.82 Å². The third-order valence-electron chi connectivity index (χ3n) is 5.50. The SMILES string of the molecule is Cc1ccc(Nc2nc(-c3cccnc3)nc3sc4c(c23)CCCC4)cc1C. The van der Waals surface area contributed by atoms with E-state index in [9.17, 15) is 0 Å². The molecule has 0 atom stereocenters. The molecule has 0 saturated heterocycles. The zero-order chi connectivity index (χ0) is 19.1. The number of hydrogen-bond acceptors (Lipinski definition) is 5. The Labute approximate surface area is 168 Å². The van der Waals surface area contributed by atoms with Crippen LogP contribution in [-0.4, -0.2) is 15.0 Å². The first-order chi connectivity index (χ1) is 13.7. The molecule has 0 bridgehead atoms. The minimum absolute atomic E-state index is 0.727. The molecular formula is C23H22N4S. The van der Waals surface area contributed by atoms with E-state index in [-0.39, 0.29) is 0 Å². The molecule has 0 amide bonds. The van der Waals surface area contributed by atoms with Crippen molar-refractivity contribution in [1.29, 1.82) is 0 Å².